The Labute approximate surface area is 118 Å². The fraction of sp³-hybridized carbons (Fsp3) is 0.500. The Hall–Kier alpha value is -1.84. The predicted molar refractivity (Wildman–Crippen MR) is 79.3 cm³/mol. The number of rotatable bonds is 4. The molecule has 106 valence electrons. The number of nitrogens with zero attached hydrogens (tertiary/aromatic N) is 1. The van der Waals surface area contributed by atoms with Crippen molar-refractivity contribution in [3.05, 3.63) is 34.4 Å². The molecule has 1 N–H and O–H groups in total. The maximum Gasteiger partial charge on any atom is 0.255 e. The van der Waals surface area contributed by atoms with E-state index in [1.807, 2.05) is 19.9 Å². The average molecular weight is 272 g/mol. The van der Waals surface area contributed by atoms with Gasteiger partial charge in [-0.05, 0) is 30.7 Å². The van der Waals surface area contributed by atoms with Gasteiger partial charge in [0.1, 0.15) is 5.75 Å². The highest BCUT2D eigenvalue weighted by molar-refractivity contribution is 5.85. The molecule has 0 aliphatic heterocycles. The number of ether oxygens (including phenoxy) is 1. The number of aromatic amines is 1. The van der Waals surface area contributed by atoms with Crippen molar-refractivity contribution in [2.45, 2.75) is 39.0 Å². The van der Waals surface area contributed by atoms with Crippen LogP contribution in [0.4, 0.5) is 0 Å². The van der Waals surface area contributed by atoms with Gasteiger partial charge in [0, 0.05) is 12.4 Å². The van der Waals surface area contributed by atoms with Crippen molar-refractivity contribution in [2.24, 2.45) is 5.92 Å². The van der Waals surface area contributed by atoms with Crippen LogP contribution in [0.3, 0.4) is 0 Å². The first-order valence-corrected chi connectivity index (χ1v) is 7.29. The average Bonchev–Trinajstić information content (AvgIpc) is 2.35. The van der Waals surface area contributed by atoms with Crippen LogP contribution >= 0.6 is 0 Å². The van der Waals surface area contributed by atoms with Crippen LogP contribution in [-0.2, 0) is 0 Å². The molecule has 1 saturated carbocycles. The van der Waals surface area contributed by atoms with Crippen LogP contribution in [0.15, 0.2) is 23.3 Å². The number of aromatic nitrogens is 2. The van der Waals surface area contributed by atoms with Crippen LogP contribution < -0.4 is 10.3 Å². The number of fused-ring (bicyclic) bond motifs is 1. The Morgan fingerprint density at radius 3 is 2.90 bits per heavy atom. The summed E-state index contributed by atoms with van der Waals surface area (Å²) in [6, 6.07) is 1.82. The summed E-state index contributed by atoms with van der Waals surface area (Å²) in [5.41, 5.74) is 1.46. The Morgan fingerprint density at radius 1 is 1.45 bits per heavy atom. The Kier molecular flexibility index (Phi) is 3.47. The fourth-order valence-corrected chi connectivity index (χ4v) is 2.66. The molecular formula is C16H20N2O2. The lowest BCUT2D eigenvalue weighted by Crippen LogP contribution is -2.22. The summed E-state index contributed by atoms with van der Waals surface area (Å²) in [5, 5.41) is 0.898. The van der Waals surface area contributed by atoms with Gasteiger partial charge >= 0.3 is 0 Å². The third-order valence-electron chi connectivity index (χ3n) is 4.07. The normalized spacial score (nSPS) is 15.6. The lowest BCUT2D eigenvalue weighted by molar-refractivity contribution is 0.180. The monoisotopic (exact) mass is 272 g/mol. The van der Waals surface area contributed by atoms with Gasteiger partial charge < -0.3 is 9.72 Å². The molecule has 4 nitrogen and oxygen atoms in total. The SMILES string of the molecule is CC(C)c1c(OCC2CCC2)c2cnccc2[nH]c1=O. The van der Waals surface area contributed by atoms with Crippen molar-refractivity contribution in [3.63, 3.8) is 0 Å². The maximum atomic E-state index is 12.3. The molecule has 0 spiro atoms. The summed E-state index contributed by atoms with van der Waals surface area (Å²) >= 11 is 0. The van der Waals surface area contributed by atoms with E-state index < -0.39 is 0 Å². The molecule has 0 amide bonds. The zero-order valence-electron chi connectivity index (χ0n) is 12.0. The van der Waals surface area contributed by atoms with E-state index in [0.29, 0.717) is 12.5 Å². The third kappa shape index (κ3) is 2.30. The predicted octanol–water partition coefficient (Wildman–Crippen LogP) is 3.23. The second-order valence-electron chi connectivity index (χ2n) is 5.88. The minimum absolute atomic E-state index is 0.0534. The first-order chi connectivity index (χ1) is 9.66. The molecule has 1 fully saturated rings. The second-order valence-corrected chi connectivity index (χ2v) is 5.88. The van der Waals surface area contributed by atoms with Gasteiger partial charge in [-0.3, -0.25) is 9.78 Å². The Bertz CT molecular complexity index is 672. The maximum absolute atomic E-state index is 12.3. The summed E-state index contributed by atoms with van der Waals surface area (Å²) in [6.45, 7) is 4.74. The molecule has 0 atom stereocenters. The van der Waals surface area contributed by atoms with Crippen LogP contribution in [0.5, 0.6) is 5.75 Å². The number of nitrogens with one attached hydrogen (secondary N) is 1. The highest BCUT2D eigenvalue weighted by Crippen LogP contribution is 2.33. The Balaban J connectivity index is 2.08. The molecule has 0 aromatic carbocycles. The fourth-order valence-electron chi connectivity index (χ4n) is 2.66. The Morgan fingerprint density at radius 2 is 2.25 bits per heavy atom. The number of pyridine rings is 2. The second kappa shape index (κ2) is 5.27. The van der Waals surface area contributed by atoms with Gasteiger partial charge in [0.2, 0.25) is 0 Å². The van der Waals surface area contributed by atoms with Gasteiger partial charge in [-0.1, -0.05) is 20.3 Å². The van der Waals surface area contributed by atoms with E-state index in [0.717, 1.165) is 22.2 Å². The molecule has 1 aliphatic carbocycles. The van der Waals surface area contributed by atoms with Crippen LogP contribution in [0, 0.1) is 5.92 Å². The molecule has 4 heteroatoms. The van der Waals surface area contributed by atoms with E-state index in [2.05, 4.69) is 9.97 Å². The first-order valence-electron chi connectivity index (χ1n) is 7.29. The summed E-state index contributed by atoms with van der Waals surface area (Å²) in [5.74, 6) is 1.49. The molecule has 0 saturated heterocycles. The van der Waals surface area contributed by atoms with E-state index in [9.17, 15) is 4.79 Å². The quantitative estimate of drug-likeness (QED) is 0.929. The van der Waals surface area contributed by atoms with Crippen molar-refractivity contribution >= 4 is 10.9 Å². The van der Waals surface area contributed by atoms with Crippen molar-refractivity contribution in [1.29, 1.82) is 0 Å². The van der Waals surface area contributed by atoms with E-state index >= 15 is 0 Å². The van der Waals surface area contributed by atoms with Gasteiger partial charge in [-0.2, -0.15) is 0 Å². The van der Waals surface area contributed by atoms with Crippen molar-refractivity contribution in [1.82, 2.24) is 9.97 Å². The molecule has 2 heterocycles. The minimum Gasteiger partial charge on any atom is -0.492 e. The summed E-state index contributed by atoms with van der Waals surface area (Å²) in [7, 11) is 0. The largest absolute Gasteiger partial charge is 0.492 e. The topological polar surface area (TPSA) is 55.0 Å². The highest BCUT2D eigenvalue weighted by atomic mass is 16.5. The number of hydrogen-bond donors (Lipinski definition) is 1. The molecule has 0 bridgehead atoms. The third-order valence-corrected chi connectivity index (χ3v) is 4.07. The number of H-pyrrole nitrogens is 1. The van der Waals surface area contributed by atoms with Crippen molar-refractivity contribution in [2.75, 3.05) is 6.61 Å². The standard InChI is InChI=1S/C16H20N2O2/c1-10(2)14-15(20-9-11-4-3-5-11)12-8-17-7-6-13(12)18-16(14)19/h6-8,10-11H,3-5,9H2,1-2H3,(H,18,19). The molecule has 2 aromatic rings. The lowest BCUT2D eigenvalue weighted by Gasteiger charge is -2.26. The van der Waals surface area contributed by atoms with Gasteiger partial charge in [-0.15, -0.1) is 0 Å². The molecule has 3 rings (SSSR count). The minimum atomic E-state index is -0.0534. The molecule has 2 aromatic heterocycles. The number of hydrogen-bond acceptors (Lipinski definition) is 3. The zero-order valence-corrected chi connectivity index (χ0v) is 12.0. The molecule has 0 radical (unpaired) electrons. The van der Waals surface area contributed by atoms with Gasteiger partial charge in [0.15, 0.2) is 0 Å². The van der Waals surface area contributed by atoms with Crippen LogP contribution in [0.1, 0.15) is 44.6 Å². The zero-order chi connectivity index (χ0) is 14.1. The van der Waals surface area contributed by atoms with Crippen LogP contribution in [0.25, 0.3) is 10.9 Å². The summed E-state index contributed by atoms with van der Waals surface area (Å²) in [4.78, 5) is 19.4. The van der Waals surface area contributed by atoms with Crippen molar-refractivity contribution < 1.29 is 4.74 Å². The van der Waals surface area contributed by atoms with E-state index in [4.69, 9.17) is 4.74 Å². The van der Waals surface area contributed by atoms with Crippen molar-refractivity contribution in [3.8, 4) is 5.75 Å². The molecular weight excluding hydrogens is 252 g/mol. The van der Waals surface area contributed by atoms with Crippen LogP contribution in [-0.4, -0.2) is 16.6 Å². The smallest absolute Gasteiger partial charge is 0.255 e. The van der Waals surface area contributed by atoms with Gasteiger partial charge in [0.25, 0.3) is 5.56 Å². The summed E-state index contributed by atoms with van der Waals surface area (Å²) < 4.78 is 6.04. The lowest BCUT2D eigenvalue weighted by atomic mass is 9.86. The van der Waals surface area contributed by atoms with Gasteiger partial charge in [-0.25, -0.2) is 0 Å². The highest BCUT2D eigenvalue weighted by Gasteiger charge is 2.21. The van der Waals surface area contributed by atoms with E-state index in [1.54, 1.807) is 12.4 Å². The first kappa shape index (κ1) is 13.2. The molecule has 0 unspecified atom stereocenters. The molecule has 20 heavy (non-hydrogen) atoms. The van der Waals surface area contributed by atoms with Crippen LogP contribution in [0.2, 0.25) is 0 Å². The summed E-state index contributed by atoms with van der Waals surface area (Å²) in [6.07, 6.45) is 7.21. The molecule has 1 aliphatic rings. The van der Waals surface area contributed by atoms with E-state index in [-0.39, 0.29) is 11.5 Å². The van der Waals surface area contributed by atoms with Gasteiger partial charge in [0.05, 0.1) is 23.1 Å². The van der Waals surface area contributed by atoms with E-state index in [1.165, 1.54) is 19.3 Å².